The van der Waals surface area contributed by atoms with Gasteiger partial charge in [-0.15, -0.1) is 0 Å². The van der Waals surface area contributed by atoms with Gasteiger partial charge in [0.15, 0.2) is 0 Å². The molecule has 0 bridgehead atoms. The van der Waals surface area contributed by atoms with E-state index in [-0.39, 0.29) is 6.04 Å². The summed E-state index contributed by atoms with van der Waals surface area (Å²) in [6, 6.07) is 9.81. The van der Waals surface area contributed by atoms with E-state index in [2.05, 4.69) is 25.2 Å². The molecule has 0 radical (unpaired) electrons. The molecule has 0 spiro atoms. The van der Waals surface area contributed by atoms with E-state index in [4.69, 9.17) is 34.8 Å². The molecule has 0 heterocycles. The van der Waals surface area contributed by atoms with Gasteiger partial charge < -0.3 is 5.32 Å². The highest BCUT2D eigenvalue weighted by Crippen LogP contribution is 2.32. The van der Waals surface area contributed by atoms with E-state index in [1.165, 1.54) is 5.56 Å². The molecule has 0 amide bonds. The normalized spacial score (nSPS) is 12.5. The summed E-state index contributed by atoms with van der Waals surface area (Å²) in [5.74, 6) is 0. The molecular weight excluding hydrogens is 325 g/mol. The number of hydrogen-bond donors (Lipinski definition) is 1. The van der Waals surface area contributed by atoms with Gasteiger partial charge in [-0.1, -0.05) is 47.8 Å². The minimum atomic E-state index is 0.0437. The summed E-state index contributed by atoms with van der Waals surface area (Å²) >= 11 is 18.5. The van der Waals surface area contributed by atoms with E-state index in [0.717, 1.165) is 28.3 Å². The van der Waals surface area contributed by atoms with Gasteiger partial charge in [-0.25, -0.2) is 0 Å². The first kappa shape index (κ1) is 16.6. The summed E-state index contributed by atoms with van der Waals surface area (Å²) in [6.45, 7) is 7.00. The molecule has 0 aromatic heterocycles. The van der Waals surface area contributed by atoms with Crippen LogP contribution in [0.25, 0.3) is 0 Å². The number of hydrogen-bond acceptors (Lipinski definition) is 1. The third-order valence-corrected chi connectivity index (χ3v) is 4.33. The topological polar surface area (TPSA) is 12.0 Å². The molecule has 1 nitrogen and oxygen atoms in total. The van der Waals surface area contributed by atoms with Crippen LogP contribution in [-0.2, 0) is 0 Å². The summed E-state index contributed by atoms with van der Waals surface area (Å²) in [7, 11) is 0. The standard InChI is InChI=1S/C17H18Cl3N/c1-4-21-17(12-7-13(18)9-14(19)8-12)15-5-11(3)16(20)6-10(15)2/h5-9,17,21H,4H2,1-3H3. The molecule has 1 N–H and O–H groups in total. The van der Waals surface area contributed by atoms with Crippen molar-refractivity contribution < 1.29 is 0 Å². The third-order valence-electron chi connectivity index (χ3n) is 3.48. The van der Waals surface area contributed by atoms with E-state index in [0.29, 0.717) is 10.0 Å². The maximum atomic E-state index is 6.20. The average Bonchev–Trinajstić information content (AvgIpc) is 2.39. The second kappa shape index (κ2) is 7.02. The van der Waals surface area contributed by atoms with E-state index >= 15 is 0 Å². The monoisotopic (exact) mass is 341 g/mol. The van der Waals surface area contributed by atoms with Crippen molar-refractivity contribution in [2.45, 2.75) is 26.8 Å². The predicted octanol–water partition coefficient (Wildman–Crippen LogP) is 5.96. The Morgan fingerprint density at radius 2 is 1.52 bits per heavy atom. The van der Waals surface area contributed by atoms with E-state index < -0.39 is 0 Å². The first-order valence-electron chi connectivity index (χ1n) is 6.88. The first-order chi connectivity index (χ1) is 9.92. The molecule has 2 aromatic carbocycles. The van der Waals surface area contributed by atoms with Crippen LogP contribution in [0.15, 0.2) is 30.3 Å². The van der Waals surface area contributed by atoms with Crippen LogP contribution in [0.1, 0.15) is 35.2 Å². The van der Waals surface area contributed by atoms with Crippen LogP contribution >= 0.6 is 34.8 Å². The van der Waals surface area contributed by atoms with Crippen molar-refractivity contribution in [3.8, 4) is 0 Å². The molecule has 0 saturated carbocycles. The molecule has 0 aliphatic rings. The minimum Gasteiger partial charge on any atom is -0.307 e. The first-order valence-corrected chi connectivity index (χ1v) is 8.01. The van der Waals surface area contributed by atoms with Gasteiger partial charge in [0.25, 0.3) is 0 Å². The van der Waals surface area contributed by atoms with Crippen LogP contribution in [0, 0.1) is 13.8 Å². The van der Waals surface area contributed by atoms with Gasteiger partial charge in [0.1, 0.15) is 0 Å². The summed E-state index contributed by atoms with van der Waals surface area (Å²) < 4.78 is 0. The zero-order valence-corrected chi connectivity index (χ0v) is 14.6. The lowest BCUT2D eigenvalue weighted by molar-refractivity contribution is 0.627. The van der Waals surface area contributed by atoms with E-state index in [1.807, 2.05) is 25.1 Å². The van der Waals surface area contributed by atoms with Gasteiger partial charge in [-0.05, 0) is 66.9 Å². The second-order valence-electron chi connectivity index (χ2n) is 5.15. The van der Waals surface area contributed by atoms with Crippen molar-refractivity contribution in [3.63, 3.8) is 0 Å². The summed E-state index contributed by atoms with van der Waals surface area (Å²) in [5.41, 5.74) is 4.46. The Balaban J connectivity index is 2.55. The van der Waals surface area contributed by atoms with Crippen LogP contribution < -0.4 is 5.32 Å². The van der Waals surface area contributed by atoms with Gasteiger partial charge >= 0.3 is 0 Å². The summed E-state index contributed by atoms with van der Waals surface area (Å²) in [4.78, 5) is 0. The maximum Gasteiger partial charge on any atom is 0.0580 e. The van der Waals surface area contributed by atoms with Gasteiger partial charge in [0.05, 0.1) is 6.04 Å². The lowest BCUT2D eigenvalue weighted by Gasteiger charge is -2.22. The lowest BCUT2D eigenvalue weighted by Crippen LogP contribution is -2.23. The van der Waals surface area contributed by atoms with E-state index in [1.54, 1.807) is 6.07 Å². The van der Waals surface area contributed by atoms with Crippen molar-refractivity contribution in [3.05, 3.63) is 67.7 Å². The maximum absolute atomic E-state index is 6.20. The molecule has 0 fully saturated rings. The molecular formula is C17H18Cl3N. The second-order valence-corrected chi connectivity index (χ2v) is 6.43. The zero-order chi connectivity index (χ0) is 15.6. The van der Waals surface area contributed by atoms with Crippen molar-refractivity contribution in [1.82, 2.24) is 5.32 Å². The largest absolute Gasteiger partial charge is 0.307 e. The number of benzene rings is 2. The van der Waals surface area contributed by atoms with Crippen LogP contribution in [0.4, 0.5) is 0 Å². The van der Waals surface area contributed by atoms with Gasteiger partial charge in [-0.3, -0.25) is 0 Å². The van der Waals surface area contributed by atoms with Crippen LogP contribution in [0.3, 0.4) is 0 Å². The minimum absolute atomic E-state index is 0.0437. The third kappa shape index (κ3) is 3.92. The SMILES string of the molecule is CCNC(c1cc(Cl)cc(Cl)c1)c1cc(C)c(Cl)cc1C. The molecule has 112 valence electrons. The molecule has 4 heteroatoms. The highest BCUT2D eigenvalue weighted by molar-refractivity contribution is 6.34. The van der Waals surface area contributed by atoms with Crippen LogP contribution in [0.5, 0.6) is 0 Å². The molecule has 1 atom stereocenters. The number of rotatable bonds is 4. The molecule has 21 heavy (non-hydrogen) atoms. The molecule has 0 aliphatic carbocycles. The highest BCUT2D eigenvalue weighted by Gasteiger charge is 2.17. The van der Waals surface area contributed by atoms with Crippen LogP contribution in [-0.4, -0.2) is 6.54 Å². The Kier molecular flexibility index (Phi) is 5.56. The fraction of sp³-hybridized carbons (Fsp3) is 0.294. The lowest BCUT2D eigenvalue weighted by atomic mass is 9.93. The Bertz CT molecular complexity index is 632. The number of halogens is 3. The zero-order valence-electron chi connectivity index (χ0n) is 12.3. The average molecular weight is 343 g/mol. The molecule has 2 rings (SSSR count). The Morgan fingerprint density at radius 3 is 2.10 bits per heavy atom. The Hall–Kier alpha value is -0.730. The highest BCUT2D eigenvalue weighted by atomic mass is 35.5. The summed E-state index contributed by atoms with van der Waals surface area (Å²) in [6.07, 6.45) is 0. The molecule has 0 saturated heterocycles. The van der Waals surface area contributed by atoms with Gasteiger partial charge in [0, 0.05) is 15.1 Å². The van der Waals surface area contributed by atoms with Gasteiger partial charge in [0.2, 0.25) is 0 Å². The van der Waals surface area contributed by atoms with E-state index in [9.17, 15) is 0 Å². The smallest absolute Gasteiger partial charge is 0.0580 e. The fourth-order valence-corrected chi connectivity index (χ4v) is 3.23. The van der Waals surface area contributed by atoms with Crippen molar-refractivity contribution in [2.75, 3.05) is 6.54 Å². The molecule has 0 aliphatic heterocycles. The molecule has 1 unspecified atom stereocenters. The number of nitrogens with one attached hydrogen (secondary N) is 1. The van der Waals surface area contributed by atoms with Crippen LogP contribution in [0.2, 0.25) is 15.1 Å². The van der Waals surface area contributed by atoms with Crippen molar-refractivity contribution >= 4 is 34.8 Å². The predicted molar refractivity (Wildman–Crippen MR) is 92.9 cm³/mol. The van der Waals surface area contributed by atoms with Crippen molar-refractivity contribution in [2.24, 2.45) is 0 Å². The van der Waals surface area contributed by atoms with Crippen molar-refractivity contribution in [1.29, 1.82) is 0 Å². The van der Waals surface area contributed by atoms with Gasteiger partial charge in [-0.2, -0.15) is 0 Å². The Labute approximate surface area is 141 Å². The summed E-state index contributed by atoms with van der Waals surface area (Å²) in [5, 5.41) is 5.57. The molecule has 2 aromatic rings. The fourth-order valence-electron chi connectivity index (χ4n) is 2.47. The Morgan fingerprint density at radius 1 is 0.905 bits per heavy atom. The number of aryl methyl sites for hydroxylation is 2. The quantitative estimate of drug-likeness (QED) is 0.722.